The van der Waals surface area contributed by atoms with Crippen molar-refractivity contribution in [3.8, 4) is 5.88 Å². The van der Waals surface area contributed by atoms with E-state index in [1.165, 1.54) is 10.9 Å². The molecule has 0 aliphatic carbocycles. The molecule has 9 nitrogen and oxygen atoms in total. The predicted molar refractivity (Wildman–Crippen MR) is 72.5 cm³/mol. The van der Waals surface area contributed by atoms with Gasteiger partial charge >= 0.3 is 0 Å². The maximum absolute atomic E-state index is 9.87. The average Bonchev–Trinajstić information content (AvgIpc) is 3.08. The Bertz CT molecular complexity index is 813. The molecule has 0 aromatic carbocycles. The molecule has 1 saturated heterocycles. The third kappa shape index (κ3) is 2.39. The molecule has 0 amide bonds. The topological polar surface area (TPSA) is 129 Å². The first-order valence-electron chi connectivity index (χ1n) is 8.67. The maximum atomic E-state index is 9.87. The van der Waals surface area contributed by atoms with Gasteiger partial charge in [-0.3, -0.25) is 4.57 Å². The van der Waals surface area contributed by atoms with Gasteiger partial charge in [-0.05, 0) is 6.85 Å². The van der Waals surface area contributed by atoms with Crippen molar-refractivity contribution in [3.05, 3.63) is 6.33 Å². The van der Waals surface area contributed by atoms with Crippen LogP contribution < -0.4 is 10.5 Å². The lowest BCUT2D eigenvalue weighted by Gasteiger charge is -2.13. The highest BCUT2D eigenvalue weighted by Crippen LogP contribution is 2.32. The van der Waals surface area contributed by atoms with Gasteiger partial charge in [0.1, 0.15) is 12.3 Å². The zero-order valence-corrected chi connectivity index (χ0v) is 10.8. The van der Waals surface area contributed by atoms with Crippen LogP contribution in [0.15, 0.2) is 6.33 Å². The zero-order valence-electron chi connectivity index (χ0n) is 15.8. The van der Waals surface area contributed by atoms with Crippen molar-refractivity contribution in [1.82, 2.24) is 19.5 Å². The van der Waals surface area contributed by atoms with Crippen molar-refractivity contribution >= 4 is 17.1 Å². The number of aliphatic hydroxyl groups excluding tert-OH is 2. The Hall–Kier alpha value is -1.97. The normalized spacial score (nSPS) is 30.4. The summed E-state index contributed by atoms with van der Waals surface area (Å²) in [5, 5.41) is 19.1. The number of imidazole rings is 1. The molecule has 21 heavy (non-hydrogen) atoms. The largest absolute Gasteiger partial charge is 0.476 e. The first-order chi connectivity index (χ1) is 12.0. The lowest BCUT2D eigenvalue weighted by atomic mass is 10.2. The van der Waals surface area contributed by atoms with Gasteiger partial charge in [-0.1, -0.05) is 0 Å². The standard InChI is InChI=1S/C12H17N5O4/c1-2-20-11-9-10(15-12(13)16-11)17(5-14-9)8-3-6(19)7(4-18)21-8/h5-8,18-19H,2-4H2,1H3,(H2,13,15,16)/t6-,7+,8+/m0/s1/i1D3,2D2. The van der Waals surface area contributed by atoms with Crippen molar-refractivity contribution in [3.63, 3.8) is 0 Å². The van der Waals surface area contributed by atoms with E-state index in [0.717, 1.165) is 0 Å². The lowest BCUT2D eigenvalue weighted by molar-refractivity contribution is -0.0432. The summed E-state index contributed by atoms with van der Waals surface area (Å²) in [4.78, 5) is 11.8. The number of rotatable bonds is 4. The Morgan fingerprint density at radius 1 is 1.67 bits per heavy atom. The van der Waals surface area contributed by atoms with Crippen LogP contribution in [0.25, 0.3) is 11.2 Å². The molecule has 0 bridgehead atoms. The molecule has 1 aliphatic heterocycles. The van der Waals surface area contributed by atoms with E-state index in [-0.39, 0.29) is 30.1 Å². The summed E-state index contributed by atoms with van der Waals surface area (Å²) >= 11 is 0. The Labute approximate surface area is 127 Å². The summed E-state index contributed by atoms with van der Waals surface area (Å²) in [5.74, 6) is -0.711. The van der Waals surface area contributed by atoms with Crippen LogP contribution in [0, 0.1) is 0 Å². The predicted octanol–water partition coefficient (Wildman–Crippen LogP) is -0.552. The summed E-state index contributed by atoms with van der Waals surface area (Å²) < 4.78 is 48.7. The van der Waals surface area contributed by atoms with E-state index >= 15 is 0 Å². The van der Waals surface area contributed by atoms with Crippen LogP contribution in [0.3, 0.4) is 0 Å². The minimum absolute atomic E-state index is 0.0159. The van der Waals surface area contributed by atoms with Crippen molar-refractivity contribution < 1.29 is 26.5 Å². The smallest absolute Gasteiger partial charge is 0.247 e. The van der Waals surface area contributed by atoms with E-state index in [2.05, 4.69) is 15.0 Å². The first-order valence-corrected chi connectivity index (χ1v) is 6.17. The molecule has 0 unspecified atom stereocenters. The lowest BCUT2D eigenvalue weighted by Crippen LogP contribution is -2.24. The van der Waals surface area contributed by atoms with Gasteiger partial charge in [0.25, 0.3) is 0 Å². The molecule has 114 valence electrons. The Morgan fingerprint density at radius 3 is 3.24 bits per heavy atom. The molecule has 1 aliphatic rings. The van der Waals surface area contributed by atoms with Gasteiger partial charge in [0, 0.05) is 10.5 Å². The molecule has 0 radical (unpaired) electrons. The highest BCUT2D eigenvalue weighted by molar-refractivity contribution is 5.77. The van der Waals surface area contributed by atoms with Gasteiger partial charge < -0.3 is 25.4 Å². The van der Waals surface area contributed by atoms with Gasteiger partial charge in [0.15, 0.2) is 11.2 Å². The third-order valence-corrected chi connectivity index (χ3v) is 3.25. The van der Waals surface area contributed by atoms with E-state index in [1.54, 1.807) is 0 Å². The van der Waals surface area contributed by atoms with E-state index in [9.17, 15) is 10.2 Å². The first kappa shape index (κ1) is 9.13. The summed E-state index contributed by atoms with van der Waals surface area (Å²) in [6.07, 6.45) is -0.895. The van der Waals surface area contributed by atoms with Crippen LogP contribution in [0.2, 0.25) is 0 Å². The highest BCUT2D eigenvalue weighted by Gasteiger charge is 2.35. The number of nitrogens with two attached hydrogens (primary N) is 1. The van der Waals surface area contributed by atoms with E-state index in [1.807, 2.05) is 0 Å². The number of fused-ring (bicyclic) bond motifs is 1. The fourth-order valence-corrected chi connectivity index (χ4v) is 2.29. The molecule has 2 aromatic heterocycles. The molecule has 2 aromatic rings. The second-order valence-electron chi connectivity index (χ2n) is 4.53. The quantitative estimate of drug-likeness (QED) is 0.686. The van der Waals surface area contributed by atoms with Gasteiger partial charge in [0.05, 0.1) is 28.3 Å². The van der Waals surface area contributed by atoms with Crippen molar-refractivity contribution in [1.29, 1.82) is 0 Å². The molecule has 0 saturated carbocycles. The highest BCUT2D eigenvalue weighted by atomic mass is 16.5. The molecule has 3 atom stereocenters. The molecular weight excluding hydrogens is 278 g/mol. The summed E-state index contributed by atoms with van der Waals surface area (Å²) in [5.41, 5.74) is 5.72. The number of hydrogen-bond donors (Lipinski definition) is 3. The van der Waals surface area contributed by atoms with Crippen LogP contribution in [0.4, 0.5) is 5.95 Å². The summed E-state index contributed by atoms with van der Waals surface area (Å²) in [7, 11) is 0. The fourth-order valence-electron chi connectivity index (χ4n) is 2.29. The monoisotopic (exact) mass is 300 g/mol. The Morgan fingerprint density at radius 2 is 2.52 bits per heavy atom. The average molecular weight is 300 g/mol. The maximum Gasteiger partial charge on any atom is 0.247 e. The van der Waals surface area contributed by atoms with E-state index in [4.69, 9.17) is 22.1 Å². The second kappa shape index (κ2) is 5.43. The minimum atomic E-state index is -3.06. The number of anilines is 1. The molecule has 4 N–H and O–H groups in total. The van der Waals surface area contributed by atoms with Gasteiger partial charge in [-0.2, -0.15) is 9.97 Å². The molecule has 3 heterocycles. The number of ether oxygens (including phenoxy) is 2. The molecule has 9 heteroatoms. The van der Waals surface area contributed by atoms with Crippen molar-refractivity contribution in [2.24, 2.45) is 0 Å². The molecular formula is C12H17N5O4. The van der Waals surface area contributed by atoms with Crippen LogP contribution in [0.5, 0.6) is 5.88 Å². The number of aromatic nitrogens is 4. The van der Waals surface area contributed by atoms with Crippen molar-refractivity contribution in [2.75, 3.05) is 18.9 Å². The van der Waals surface area contributed by atoms with Gasteiger partial charge in [0.2, 0.25) is 11.8 Å². The summed E-state index contributed by atoms with van der Waals surface area (Å²) in [6.45, 7) is -6.45. The number of nitrogens with zero attached hydrogens (tertiary/aromatic N) is 4. The van der Waals surface area contributed by atoms with Gasteiger partial charge in [-0.15, -0.1) is 0 Å². The van der Waals surface area contributed by atoms with Crippen LogP contribution in [-0.4, -0.2) is 55.1 Å². The number of hydrogen-bond acceptors (Lipinski definition) is 8. The SMILES string of the molecule is [2H]C([2H])([2H])C([2H])([2H])Oc1nc(N)nc2c1ncn2[C@H]1C[C@H](O)[C@@H](CO)O1. The van der Waals surface area contributed by atoms with Gasteiger partial charge in [-0.25, -0.2) is 4.98 Å². The van der Waals surface area contributed by atoms with Crippen LogP contribution in [-0.2, 0) is 4.74 Å². The van der Waals surface area contributed by atoms with Crippen LogP contribution in [0.1, 0.15) is 26.4 Å². The van der Waals surface area contributed by atoms with Crippen LogP contribution >= 0.6 is 0 Å². The van der Waals surface area contributed by atoms with E-state index < -0.39 is 37.7 Å². The molecule has 0 spiro atoms. The second-order valence-corrected chi connectivity index (χ2v) is 4.53. The molecule has 3 rings (SSSR count). The van der Waals surface area contributed by atoms with Crippen molar-refractivity contribution in [2.45, 2.75) is 31.7 Å². The molecule has 1 fully saturated rings. The Kier molecular flexibility index (Phi) is 2.36. The number of nitrogen functional groups attached to an aromatic ring is 1. The fraction of sp³-hybridized carbons (Fsp3) is 0.583. The Balaban J connectivity index is 2.00. The zero-order chi connectivity index (χ0) is 19.3. The van der Waals surface area contributed by atoms with E-state index in [0.29, 0.717) is 0 Å². The third-order valence-electron chi connectivity index (χ3n) is 3.25. The summed E-state index contributed by atoms with van der Waals surface area (Å²) in [6, 6.07) is 0. The minimum Gasteiger partial charge on any atom is -0.476 e. The number of aliphatic hydroxyl groups is 2.